The smallest absolute Gasteiger partial charge is 0.294 e. The first-order chi connectivity index (χ1) is 15.1. The third kappa shape index (κ3) is 4.72. The van der Waals surface area contributed by atoms with E-state index in [0.29, 0.717) is 28.1 Å². The lowest BCUT2D eigenvalue weighted by Gasteiger charge is -2.28. The molecule has 2 N–H and O–H groups in total. The Morgan fingerprint density at radius 1 is 1.16 bits per heavy atom. The zero-order chi connectivity index (χ0) is 23.6. The fourth-order valence-corrected chi connectivity index (χ4v) is 4.26. The van der Waals surface area contributed by atoms with Crippen LogP contribution in [0.4, 0.5) is 10.1 Å². The molecule has 2 aromatic heterocycles. The summed E-state index contributed by atoms with van der Waals surface area (Å²) in [6, 6.07) is 1.41. The molecule has 0 aromatic carbocycles. The van der Waals surface area contributed by atoms with Crippen LogP contribution < -0.4 is 10.6 Å². The molecule has 1 aliphatic rings. The molecule has 8 nitrogen and oxygen atoms in total. The second kappa shape index (κ2) is 9.60. The minimum absolute atomic E-state index is 0.0727. The van der Waals surface area contributed by atoms with E-state index in [-0.39, 0.29) is 17.8 Å². The molecule has 2 aromatic rings. The number of hydrogen-bond acceptors (Lipinski definition) is 5. The molecule has 2 heterocycles. The van der Waals surface area contributed by atoms with E-state index >= 15 is 0 Å². The van der Waals surface area contributed by atoms with Crippen molar-refractivity contribution in [3.63, 3.8) is 0 Å². The number of Topliss-reactive ketones (excluding diaryl/α,β-unsaturated/α-hetero) is 1. The highest BCUT2D eigenvalue weighted by Gasteiger charge is 2.30. The number of ether oxygens (including phenoxy) is 1. The molecule has 0 radical (unpaired) electrons. The van der Waals surface area contributed by atoms with Gasteiger partial charge in [0.1, 0.15) is 0 Å². The van der Waals surface area contributed by atoms with Crippen LogP contribution in [0.25, 0.3) is 0 Å². The molecule has 0 bridgehead atoms. The second-order valence-electron chi connectivity index (χ2n) is 8.29. The quantitative estimate of drug-likeness (QED) is 0.405. The maximum atomic E-state index is 13.4. The zero-order valence-corrected chi connectivity index (χ0v) is 19.0. The molecule has 0 spiro atoms. The highest BCUT2D eigenvalue weighted by molar-refractivity contribution is 6.43. The number of ketones is 1. The zero-order valence-electron chi connectivity index (χ0n) is 19.0. The summed E-state index contributed by atoms with van der Waals surface area (Å²) in [5.41, 5.74) is 2.07. The molecule has 0 aliphatic heterocycles. The Labute approximate surface area is 186 Å². The number of carbonyl (C=O) groups excluding carboxylic acids is 3. The normalized spacial score (nSPS) is 18.3. The molecule has 1 fully saturated rings. The van der Waals surface area contributed by atoms with E-state index in [1.54, 1.807) is 39.5 Å². The van der Waals surface area contributed by atoms with E-state index in [1.807, 2.05) is 0 Å². The van der Waals surface area contributed by atoms with Crippen molar-refractivity contribution in [1.82, 2.24) is 14.9 Å². The number of nitrogens with zero attached hydrogens (tertiary/aromatic N) is 2. The van der Waals surface area contributed by atoms with Gasteiger partial charge in [-0.25, -0.2) is 4.98 Å². The van der Waals surface area contributed by atoms with Gasteiger partial charge in [-0.05, 0) is 58.1 Å². The van der Waals surface area contributed by atoms with Crippen LogP contribution in [0.1, 0.15) is 63.4 Å². The number of amides is 2. The number of nitrogens with one attached hydrogen (secondary N) is 2. The molecule has 32 heavy (non-hydrogen) atoms. The number of aromatic nitrogens is 2. The molecular weight excluding hydrogens is 415 g/mol. The van der Waals surface area contributed by atoms with Crippen LogP contribution in [-0.2, 0) is 16.6 Å². The molecule has 0 unspecified atom stereocenters. The van der Waals surface area contributed by atoms with Gasteiger partial charge in [-0.2, -0.15) is 4.39 Å². The van der Waals surface area contributed by atoms with E-state index < -0.39 is 23.5 Å². The van der Waals surface area contributed by atoms with Crippen LogP contribution in [-0.4, -0.2) is 46.4 Å². The van der Waals surface area contributed by atoms with E-state index in [2.05, 4.69) is 15.6 Å². The van der Waals surface area contributed by atoms with Crippen LogP contribution in [0.2, 0.25) is 0 Å². The van der Waals surface area contributed by atoms with Crippen molar-refractivity contribution in [2.45, 2.75) is 58.6 Å². The Morgan fingerprint density at radius 2 is 1.81 bits per heavy atom. The fraction of sp³-hybridized carbons (Fsp3) is 0.478. The standard InChI is InChI=1S/C23H29FN4O4/c1-12-10-16(11-25-21(12)24)27-22(30)18-13(2)19(28(4)14(18)3)20(29)23(31)26-15-6-8-17(32-5)9-7-15/h10-11,15,17H,6-9H2,1-5H3,(H,26,31)(H,27,30). The van der Waals surface area contributed by atoms with Gasteiger partial charge in [0.05, 0.1) is 29.2 Å². The van der Waals surface area contributed by atoms with Crippen molar-refractivity contribution in [1.29, 1.82) is 0 Å². The van der Waals surface area contributed by atoms with Crippen molar-refractivity contribution in [3.05, 3.63) is 46.3 Å². The minimum atomic E-state index is -0.681. The predicted molar refractivity (Wildman–Crippen MR) is 117 cm³/mol. The molecule has 2 amide bonds. The van der Waals surface area contributed by atoms with Crippen LogP contribution in [0.5, 0.6) is 0 Å². The maximum absolute atomic E-state index is 13.4. The van der Waals surface area contributed by atoms with Gasteiger partial charge in [0.25, 0.3) is 17.6 Å². The highest BCUT2D eigenvalue weighted by Crippen LogP contribution is 2.24. The summed E-state index contributed by atoms with van der Waals surface area (Å²) >= 11 is 0. The van der Waals surface area contributed by atoms with E-state index in [1.165, 1.54) is 12.3 Å². The third-order valence-electron chi connectivity index (χ3n) is 6.19. The first kappa shape index (κ1) is 23.6. The van der Waals surface area contributed by atoms with Gasteiger partial charge in [0.15, 0.2) is 0 Å². The monoisotopic (exact) mass is 444 g/mol. The minimum Gasteiger partial charge on any atom is -0.381 e. The Morgan fingerprint density at radius 3 is 2.41 bits per heavy atom. The van der Waals surface area contributed by atoms with Gasteiger partial charge in [0, 0.05) is 31.5 Å². The number of methoxy groups -OCH3 is 1. The Kier molecular flexibility index (Phi) is 7.08. The van der Waals surface area contributed by atoms with Gasteiger partial charge in [-0.3, -0.25) is 14.4 Å². The Bertz CT molecular complexity index is 1050. The molecule has 9 heteroatoms. The van der Waals surface area contributed by atoms with Crippen LogP contribution in [0.15, 0.2) is 12.3 Å². The van der Waals surface area contributed by atoms with Crippen molar-refractivity contribution in [2.75, 3.05) is 12.4 Å². The predicted octanol–water partition coefficient (Wildman–Crippen LogP) is 2.99. The summed E-state index contributed by atoms with van der Waals surface area (Å²) in [5.74, 6) is -2.43. The summed E-state index contributed by atoms with van der Waals surface area (Å²) in [7, 11) is 3.32. The average molecular weight is 445 g/mol. The van der Waals surface area contributed by atoms with E-state index in [4.69, 9.17) is 4.74 Å². The summed E-state index contributed by atoms with van der Waals surface area (Å²) in [5, 5.41) is 5.51. The first-order valence-electron chi connectivity index (χ1n) is 10.6. The Balaban J connectivity index is 1.77. The van der Waals surface area contributed by atoms with Gasteiger partial charge >= 0.3 is 0 Å². The molecule has 1 saturated carbocycles. The fourth-order valence-electron chi connectivity index (χ4n) is 4.26. The molecule has 1 aliphatic carbocycles. The molecular formula is C23H29FN4O4. The number of aryl methyl sites for hydroxylation is 1. The summed E-state index contributed by atoms with van der Waals surface area (Å²) in [6.45, 7) is 4.89. The average Bonchev–Trinajstić information content (AvgIpc) is 2.99. The number of anilines is 1. The number of pyridine rings is 1. The Hall–Kier alpha value is -3.07. The van der Waals surface area contributed by atoms with Crippen molar-refractivity contribution < 1.29 is 23.5 Å². The largest absolute Gasteiger partial charge is 0.381 e. The van der Waals surface area contributed by atoms with E-state index in [9.17, 15) is 18.8 Å². The van der Waals surface area contributed by atoms with Crippen molar-refractivity contribution >= 4 is 23.3 Å². The van der Waals surface area contributed by atoms with Gasteiger partial charge in [-0.1, -0.05) is 0 Å². The molecule has 0 atom stereocenters. The third-order valence-corrected chi connectivity index (χ3v) is 6.19. The lowest BCUT2D eigenvalue weighted by molar-refractivity contribution is -0.118. The van der Waals surface area contributed by atoms with Crippen LogP contribution in [0.3, 0.4) is 0 Å². The van der Waals surface area contributed by atoms with Crippen LogP contribution in [0, 0.1) is 26.7 Å². The maximum Gasteiger partial charge on any atom is 0.294 e. The van der Waals surface area contributed by atoms with Crippen molar-refractivity contribution in [2.24, 2.45) is 7.05 Å². The lowest BCUT2D eigenvalue weighted by Crippen LogP contribution is -2.42. The molecule has 0 saturated heterocycles. The van der Waals surface area contributed by atoms with Crippen molar-refractivity contribution in [3.8, 4) is 0 Å². The van der Waals surface area contributed by atoms with Gasteiger partial charge in [-0.15, -0.1) is 0 Å². The van der Waals surface area contributed by atoms with Gasteiger partial charge in [0.2, 0.25) is 5.95 Å². The second-order valence-corrected chi connectivity index (χ2v) is 8.29. The first-order valence-corrected chi connectivity index (χ1v) is 10.6. The molecule has 172 valence electrons. The highest BCUT2D eigenvalue weighted by atomic mass is 19.1. The number of rotatable bonds is 6. The molecule has 3 rings (SSSR count). The topological polar surface area (TPSA) is 102 Å². The number of hydrogen-bond donors (Lipinski definition) is 2. The van der Waals surface area contributed by atoms with Crippen LogP contribution >= 0.6 is 0 Å². The summed E-state index contributed by atoms with van der Waals surface area (Å²) in [6.07, 6.45) is 4.59. The van der Waals surface area contributed by atoms with E-state index in [0.717, 1.165) is 25.7 Å². The summed E-state index contributed by atoms with van der Waals surface area (Å²) < 4.78 is 20.3. The van der Waals surface area contributed by atoms with Gasteiger partial charge < -0.3 is 19.9 Å². The SMILES string of the molecule is COC1CCC(NC(=O)C(=O)c2c(C)c(C(=O)Nc3cnc(F)c(C)c3)c(C)n2C)CC1. The lowest BCUT2D eigenvalue weighted by atomic mass is 9.93. The number of halogens is 1. The summed E-state index contributed by atoms with van der Waals surface area (Å²) in [4.78, 5) is 42.2. The number of carbonyl (C=O) groups is 3.